The first-order chi connectivity index (χ1) is 7.79. The number of hydrogen-bond donors (Lipinski definition) is 1. The van der Waals surface area contributed by atoms with Crippen LogP contribution in [-0.2, 0) is 6.54 Å². The fraction of sp³-hybridized carbons (Fsp3) is 0.333. The largest absolute Gasteiger partial charge is 0.479 e. The van der Waals surface area contributed by atoms with Crippen LogP contribution in [0, 0.1) is 0 Å². The molecule has 0 aromatic carbocycles. The van der Waals surface area contributed by atoms with Crippen LogP contribution in [0.15, 0.2) is 15.7 Å². The van der Waals surface area contributed by atoms with Crippen molar-refractivity contribution >= 4 is 17.6 Å². The van der Waals surface area contributed by atoms with E-state index in [1.54, 1.807) is 17.8 Å². The Morgan fingerprint density at radius 3 is 3.19 bits per heavy atom. The second-order valence-electron chi connectivity index (χ2n) is 3.36. The van der Waals surface area contributed by atoms with Crippen molar-refractivity contribution in [3.05, 3.63) is 6.07 Å². The van der Waals surface area contributed by atoms with Gasteiger partial charge in [-0.15, -0.1) is 0 Å². The van der Waals surface area contributed by atoms with Gasteiger partial charge < -0.3 is 19.6 Å². The van der Waals surface area contributed by atoms with Crippen LogP contribution in [0.4, 0.5) is 5.82 Å². The number of anilines is 1. The molecule has 0 bridgehead atoms. The van der Waals surface area contributed by atoms with Crippen molar-refractivity contribution < 1.29 is 9.26 Å². The number of rotatable bonds is 2. The molecule has 1 aliphatic heterocycles. The van der Waals surface area contributed by atoms with Crippen LogP contribution in [0.5, 0.6) is 5.88 Å². The number of nitrogens with two attached hydrogens (primary N) is 1. The number of hydrogen-bond acceptors (Lipinski definition) is 6. The summed E-state index contributed by atoms with van der Waals surface area (Å²) < 4.78 is 12.0. The standard InChI is InChI=1S/C9H10N4O2S/c1-14-6-4-5(15-12-6)7-8(10)13-2-3-16-9(13)11-7/h4H,2-3,10H2,1H3. The lowest BCUT2D eigenvalue weighted by atomic mass is 10.3. The Balaban J connectivity index is 2.06. The third kappa shape index (κ3) is 1.28. The predicted octanol–water partition coefficient (Wildman–Crippen LogP) is 1.23. The number of imidazole rings is 1. The van der Waals surface area contributed by atoms with E-state index < -0.39 is 0 Å². The molecule has 0 radical (unpaired) electrons. The van der Waals surface area contributed by atoms with Crippen molar-refractivity contribution in [2.24, 2.45) is 0 Å². The number of nitrogen functional groups attached to an aromatic ring is 1. The zero-order valence-corrected chi connectivity index (χ0v) is 9.45. The second-order valence-corrected chi connectivity index (χ2v) is 4.42. The van der Waals surface area contributed by atoms with Crippen molar-refractivity contribution in [1.29, 1.82) is 0 Å². The predicted molar refractivity (Wildman–Crippen MR) is 59.4 cm³/mol. The van der Waals surface area contributed by atoms with E-state index in [1.807, 2.05) is 4.57 Å². The molecule has 0 atom stereocenters. The average Bonchev–Trinajstić information content (AvgIpc) is 2.96. The second kappa shape index (κ2) is 3.44. The number of ether oxygens (including phenoxy) is 1. The molecular weight excluding hydrogens is 228 g/mol. The van der Waals surface area contributed by atoms with Crippen molar-refractivity contribution in [2.45, 2.75) is 11.7 Å². The van der Waals surface area contributed by atoms with Crippen molar-refractivity contribution in [2.75, 3.05) is 18.6 Å². The number of thioether (sulfide) groups is 1. The van der Waals surface area contributed by atoms with Crippen LogP contribution in [0.1, 0.15) is 0 Å². The molecule has 84 valence electrons. The summed E-state index contributed by atoms with van der Waals surface area (Å²) in [7, 11) is 1.54. The lowest BCUT2D eigenvalue weighted by molar-refractivity contribution is 0.342. The Labute approximate surface area is 95.8 Å². The lowest BCUT2D eigenvalue weighted by Crippen LogP contribution is -2.00. The summed E-state index contributed by atoms with van der Waals surface area (Å²) in [5, 5.41) is 4.66. The first kappa shape index (κ1) is 9.59. The van der Waals surface area contributed by atoms with Gasteiger partial charge in [-0.1, -0.05) is 11.8 Å². The summed E-state index contributed by atoms with van der Waals surface area (Å²) in [6.45, 7) is 0.893. The Morgan fingerprint density at radius 1 is 1.62 bits per heavy atom. The zero-order chi connectivity index (χ0) is 11.1. The van der Waals surface area contributed by atoms with Crippen LogP contribution in [0.3, 0.4) is 0 Å². The maximum absolute atomic E-state index is 6.00. The van der Waals surface area contributed by atoms with E-state index in [1.165, 1.54) is 7.11 Å². The Bertz CT molecular complexity index is 534. The molecule has 0 spiro atoms. The third-order valence-electron chi connectivity index (χ3n) is 2.45. The molecule has 0 aliphatic carbocycles. The van der Waals surface area contributed by atoms with Gasteiger partial charge in [-0.2, -0.15) is 0 Å². The summed E-state index contributed by atoms with van der Waals surface area (Å²) in [6, 6.07) is 1.68. The molecule has 6 nitrogen and oxygen atoms in total. The maximum atomic E-state index is 6.00. The van der Waals surface area contributed by atoms with Gasteiger partial charge >= 0.3 is 0 Å². The van der Waals surface area contributed by atoms with Gasteiger partial charge in [-0.05, 0) is 5.16 Å². The smallest absolute Gasteiger partial charge is 0.254 e. The van der Waals surface area contributed by atoms with E-state index in [0.29, 0.717) is 23.2 Å². The summed E-state index contributed by atoms with van der Waals surface area (Å²) in [5.41, 5.74) is 6.63. The Kier molecular flexibility index (Phi) is 2.06. The Morgan fingerprint density at radius 2 is 2.50 bits per heavy atom. The van der Waals surface area contributed by atoms with E-state index >= 15 is 0 Å². The Hall–Kier alpha value is -1.63. The van der Waals surface area contributed by atoms with Gasteiger partial charge in [-0.3, -0.25) is 0 Å². The van der Waals surface area contributed by atoms with E-state index in [4.69, 9.17) is 15.0 Å². The van der Waals surface area contributed by atoms with Crippen LogP contribution in [-0.4, -0.2) is 27.6 Å². The monoisotopic (exact) mass is 238 g/mol. The fourth-order valence-corrected chi connectivity index (χ4v) is 2.60. The van der Waals surface area contributed by atoms with E-state index in [0.717, 1.165) is 17.5 Å². The SMILES string of the molecule is COc1cc(-c2nc3n(c2N)CCS3)on1. The minimum atomic E-state index is 0.426. The highest BCUT2D eigenvalue weighted by Crippen LogP contribution is 2.35. The number of aromatic nitrogens is 3. The fourth-order valence-electron chi connectivity index (χ4n) is 1.65. The zero-order valence-electron chi connectivity index (χ0n) is 8.64. The quantitative estimate of drug-likeness (QED) is 0.847. The molecule has 0 amide bonds. The first-order valence-electron chi connectivity index (χ1n) is 4.79. The van der Waals surface area contributed by atoms with Crippen LogP contribution in [0.25, 0.3) is 11.5 Å². The molecule has 0 saturated carbocycles. The van der Waals surface area contributed by atoms with Gasteiger partial charge in [0, 0.05) is 12.3 Å². The minimum absolute atomic E-state index is 0.426. The van der Waals surface area contributed by atoms with Crippen LogP contribution < -0.4 is 10.5 Å². The molecule has 2 aromatic rings. The molecular formula is C9H10N4O2S. The van der Waals surface area contributed by atoms with Gasteiger partial charge in [0.1, 0.15) is 5.82 Å². The molecule has 1 aliphatic rings. The molecule has 16 heavy (non-hydrogen) atoms. The van der Waals surface area contributed by atoms with Gasteiger partial charge in [0.25, 0.3) is 5.88 Å². The van der Waals surface area contributed by atoms with Gasteiger partial charge in [0.2, 0.25) is 0 Å². The molecule has 7 heteroatoms. The molecule has 2 aromatic heterocycles. The normalized spacial score (nSPS) is 14.1. The maximum Gasteiger partial charge on any atom is 0.254 e. The van der Waals surface area contributed by atoms with E-state index in [-0.39, 0.29) is 0 Å². The third-order valence-corrected chi connectivity index (χ3v) is 3.41. The molecule has 2 N–H and O–H groups in total. The van der Waals surface area contributed by atoms with Crippen LogP contribution in [0.2, 0.25) is 0 Å². The van der Waals surface area contributed by atoms with Gasteiger partial charge in [0.15, 0.2) is 16.6 Å². The summed E-state index contributed by atoms with van der Waals surface area (Å²) in [6.07, 6.45) is 0. The average molecular weight is 238 g/mol. The van der Waals surface area contributed by atoms with Gasteiger partial charge in [-0.25, -0.2) is 4.98 Å². The highest BCUT2D eigenvalue weighted by Gasteiger charge is 2.23. The topological polar surface area (TPSA) is 79.1 Å². The summed E-state index contributed by atoms with van der Waals surface area (Å²) in [5.74, 6) is 2.61. The van der Waals surface area contributed by atoms with Crippen LogP contribution >= 0.6 is 11.8 Å². The summed E-state index contributed by atoms with van der Waals surface area (Å²) >= 11 is 1.69. The number of nitrogens with zero attached hydrogens (tertiary/aromatic N) is 3. The van der Waals surface area contributed by atoms with E-state index in [2.05, 4.69) is 10.1 Å². The number of methoxy groups -OCH3 is 1. The van der Waals surface area contributed by atoms with Gasteiger partial charge in [0.05, 0.1) is 13.2 Å². The molecule has 3 rings (SSSR count). The minimum Gasteiger partial charge on any atom is -0.479 e. The number of fused-ring (bicyclic) bond motifs is 1. The van der Waals surface area contributed by atoms with Crippen molar-refractivity contribution in [3.8, 4) is 17.3 Å². The molecule has 0 fully saturated rings. The molecule has 3 heterocycles. The lowest BCUT2D eigenvalue weighted by Gasteiger charge is -1.97. The highest BCUT2D eigenvalue weighted by atomic mass is 32.2. The van der Waals surface area contributed by atoms with Crippen molar-refractivity contribution in [3.63, 3.8) is 0 Å². The highest BCUT2D eigenvalue weighted by molar-refractivity contribution is 7.99. The first-order valence-corrected chi connectivity index (χ1v) is 5.78. The molecule has 0 saturated heterocycles. The summed E-state index contributed by atoms with van der Waals surface area (Å²) in [4.78, 5) is 4.42. The molecule has 0 unspecified atom stereocenters. The van der Waals surface area contributed by atoms with E-state index in [9.17, 15) is 0 Å². The van der Waals surface area contributed by atoms with Crippen molar-refractivity contribution in [1.82, 2.24) is 14.7 Å².